The minimum absolute atomic E-state index is 0.123. The molecule has 17 heavy (non-hydrogen) atoms. The summed E-state index contributed by atoms with van der Waals surface area (Å²) in [6.07, 6.45) is 4.12. The van der Waals surface area contributed by atoms with Crippen molar-refractivity contribution in [2.75, 3.05) is 13.7 Å². The van der Waals surface area contributed by atoms with Crippen molar-refractivity contribution < 1.29 is 14.3 Å². The topological polar surface area (TPSA) is 67.4 Å². The second kappa shape index (κ2) is 6.00. The first-order valence-electron chi connectivity index (χ1n) is 6.11. The predicted octanol–water partition coefficient (Wildman–Crippen LogP) is 0.586. The predicted molar refractivity (Wildman–Crippen MR) is 64.5 cm³/mol. The number of carbonyl (C=O) groups excluding carboxylic acids is 2. The van der Waals surface area contributed by atoms with Crippen molar-refractivity contribution in [3.8, 4) is 0 Å². The molecule has 1 saturated heterocycles. The van der Waals surface area contributed by atoms with E-state index in [1.54, 1.807) is 13.8 Å². The molecule has 1 aliphatic heterocycles. The average Bonchev–Trinajstić information content (AvgIpc) is 2.55. The Balaban J connectivity index is 2.55. The highest BCUT2D eigenvalue weighted by atomic mass is 16.5. The van der Waals surface area contributed by atoms with Crippen LogP contribution in [0.2, 0.25) is 0 Å². The van der Waals surface area contributed by atoms with E-state index in [2.05, 4.69) is 15.4 Å². The zero-order valence-electron chi connectivity index (χ0n) is 10.8. The number of hydrogen-bond donors (Lipinski definition) is 2. The van der Waals surface area contributed by atoms with Gasteiger partial charge in [0.1, 0.15) is 5.54 Å². The van der Waals surface area contributed by atoms with Crippen LogP contribution in [0.25, 0.3) is 0 Å². The molecule has 0 radical (unpaired) electrons. The van der Waals surface area contributed by atoms with Crippen LogP contribution in [-0.2, 0) is 14.3 Å². The molecule has 1 atom stereocenters. The first-order valence-corrected chi connectivity index (χ1v) is 6.11. The molecule has 0 aliphatic carbocycles. The van der Waals surface area contributed by atoms with Crippen LogP contribution >= 0.6 is 0 Å². The van der Waals surface area contributed by atoms with Crippen LogP contribution in [0.1, 0.15) is 39.5 Å². The van der Waals surface area contributed by atoms with Crippen molar-refractivity contribution in [3.63, 3.8) is 0 Å². The van der Waals surface area contributed by atoms with Gasteiger partial charge in [-0.3, -0.25) is 4.79 Å². The third-order valence-electron chi connectivity index (χ3n) is 3.01. The Morgan fingerprint density at radius 3 is 2.65 bits per heavy atom. The van der Waals surface area contributed by atoms with Gasteiger partial charge in [0.05, 0.1) is 13.2 Å². The number of nitrogens with one attached hydrogen (secondary N) is 2. The molecule has 5 nitrogen and oxygen atoms in total. The van der Waals surface area contributed by atoms with Gasteiger partial charge in [-0.05, 0) is 33.2 Å². The minimum Gasteiger partial charge on any atom is -0.467 e. The van der Waals surface area contributed by atoms with E-state index in [0.717, 1.165) is 32.2 Å². The minimum atomic E-state index is -0.972. The smallest absolute Gasteiger partial charge is 0.330 e. The van der Waals surface area contributed by atoms with Crippen molar-refractivity contribution in [1.29, 1.82) is 0 Å². The third kappa shape index (κ3) is 4.00. The van der Waals surface area contributed by atoms with E-state index in [-0.39, 0.29) is 11.9 Å². The average molecular weight is 242 g/mol. The maximum Gasteiger partial charge on any atom is 0.330 e. The highest BCUT2D eigenvalue weighted by Crippen LogP contribution is 2.11. The fraction of sp³-hybridized carbons (Fsp3) is 0.833. The molecular weight excluding hydrogens is 220 g/mol. The van der Waals surface area contributed by atoms with Gasteiger partial charge >= 0.3 is 5.97 Å². The summed E-state index contributed by atoms with van der Waals surface area (Å²) in [6.45, 7) is 4.15. The number of ether oxygens (including phenoxy) is 1. The maximum atomic E-state index is 12.0. The lowest BCUT2D eigenvalue weighted by atomic mass is 10.0. The number of amides is 1. The summed E-state index contributed by atoms with van der Waals surface area (Å²) in [5.74, 6) is -0.554. The van der Waals surface area contributed by atoms with Crippen molar-refractivity contribution in [2.24, 2.45) is 0 Å². The van der Waals surface area contributed by atoms with E-state index < -0.39 is 11.5 Å². The molecule has 0 saturated carbocycles. The van der Waals surface area contributed by atoms with Gasteiger partial charge in [0, 0.05) is 0 Å². The van der Waals surface area contributed by atoms with Gasteiger partial charge in [0.25, 0.3) is 0 Å². The molecule has 98 valence electrons. The highest BCUT2D eigenvalue weighted by molar-refractivity contribution is 5.89. The lowest BCUT2D eigenvalue weighted by Gasteiger charge is -2.26. The molecule has 1 fully saturated rings. The normalized spacial score (nSPS) is 21.5. The van der Waals surface area contributed by atoms with Gasteiger partial charge in [-0.1, -0.05) is 12.8 Å². The Kier molecular flexibility index (Phi) is 4.93. The van der Waals surface area contributed by atoms with Gasteiger partial charge in [-0.15, -0.1) is 0 Å². The lowest BCUT2D eigenvalue weighted by molar-refractivity contribution is -0.149. The lowest BCUT2D eigenvalue weighted by Crippen LogP contribution is -2.55. The third-order valence-corrected chi connectivity index (χ3v) is 3.01. The van der Waals surface area contributed by atoms with E-state index in [9.17, 15) is 9.59 Å². The monoisotopic (exact) mass is 242 g/mol. The number of methoxy groups -OCH3 is 1. The van der Waals surface area contributed by atoms with E-state index in [0.29, 0.717) is 0 Å². The highest BCUT2D eigenvalue weighted by Gasteiger charge is 2.32. The van der Waals surface area contributed by atoms with E-state index in [4.69, 9.17) is 0 Å². The molecule has 1 aliphatic rings. The molecule has 0 bridgehead atoms. The fourth-order valence-corrected chi connectivity index (χ4v) is 1.95. The number of esters is 1. The summed E-state index contributed by atoms with van der Waals surface area (Å²) < 4.78 is 4.65. The molecule has 1 heterocycles. The van der Waals surface area contributed by atoms with Gasteiger partial charge in [-0.25, -0.2) is 4.79 Å². The molecule has 5 heteroatoms. The van der Waals surface area contributed by atoms with Crippen LogP contribution in [0.3, 0.4) is 0 Å². The first-order chi connectivity index (χ1) is 7.97. The zero-order chi connectivity index (χ0) is 12.9. The Labute approximate surface area is 102 Å². The van der Waals surface area contributed by atoms with Crippen molar-refractivity contribution >= 4 is 11.9 Å². The number of hydrogen-bond acceptors (Lipinski definition) is 4. The summed E-state index contributed by atoms with van der Waals surface area (Å²) in [7, 11) is 1.32. The van der Waals surface area contributed by atoms with Gasteiger partial charge in [0.2, 0.25) is 5.91 Å². The standard InChI is InChI=1S/C12H22N2O3/c1-12(2,11(16)17-3)14-10(15)9-7-5-4-6-8-13-9/h9,13H,4-8H2,1-3H3,(H,14,15). The van der Waals surface area contributed by atoms with Crippen molar-refractivity contribution in [2.45, 2.75) is 51.1 Å². The first kappa shape index (κ1) is 14.0. The van der Waals surface area contributed by atoms with Gasteiger partial charge in [-0.2, -0.15) is 0 Å². The van der Waals surface area contributed by atoms with Gasteiger partial charge < -0.3 is 15.4 Å². The fourth-order valence-electron chi connectivity index (χ4n) is 1.95. The summed E-state index contributed by atoms with van der Waals surface area (Å²) in [4.78, 5) is 23.5. The van der Waals surface area contributed by atoms with E-state index in [1.165, 1.54) is 7.11 Å². The van der Waals surface area contributed by atoms with Crippen LogP contribution in [0.4, 0.5) is 0 Å². The summed E-state index contributed by atoms with van der Waals surface area (Å²) in [6, 6.07) is -0.193. The van der Waals surface area contributed by atoms with E-state index >= 15 is 0 Å². The molecule has 1 amide bonds. The zero-order valence-corrected chi connectivity index (χ0v) is 10.8. The van der Waals surface area contributed by atoms with Crippen LogP contribution in [0, 0.1) is 0 Å². The van der Waals surface area contributed by atoms with Crippen LogP contribution in [0.15, 0.2) is 0 Å². The summed E-state index contributed by atoms with van der Waals surface area (Å²) in [5, 5.41) is 5.93. The van der Waals surface area contributed by atoms with Crippen molar-refractivity contribution in [1.82, 2.24) is 10.6 Å². The molecule has 0 aromatic rings. The molecule has 0 spiro atoms. The molecule has 0 aromatic carbocycles. The van der Waals surface area contributed by atoms with Crippen LogP contribution in [0.5, 0.6) is 0 Å². The Hall–Kier alpha value is -1.10. The molecule has 2 N–H and O–H groups in total. The summed E-state index contributed by atoms with van der Waals surface area (Å²) in [5.41, 5.74) is -0.972. The number of rotatable bonds is 3. The van der Waals surface area contributed by atoms with Crippen molar-refractivity contribution in [3.05, 3.63) is 0 Å². The molecular formula is C12H22N2O3. The SMILES string of the molecule is COC(=O)C(C)(C)NC(=O)C1CCCCCN1. The maximum absolute atomic E-state index is 12.0. The molecule has 0 aromatic heterocycles. The Morgan fingerprint density at radius 2 is 2.00 bits per heavy atom. The Morgan fingerprint density at radius 1 is 1.29 bits per heavy atom. The largest absolute Gasteiger partial charge is 0.467 e. The Bertz CT molecular complexity index is 281. The second-order valence-corrected chi connectivity index (χ2v) is 4.96. The van der Waals surface area contributed by atoms with Crippen LogP contribution < -0.4 is 10.6 Å². The molecule has 1 rings (SSSR count). The molecule has 1 unspecified atom stereocenters. The second-order valence-electron chi connectivity index (χ2n) is 4.96. The van der Waals surface area contributed by atoms with Gasteiger partial charge in [0.15, 0.2) is 0 Å². The van der Waals surface area contributed by atoms with Crippen LogP contribution in [-0.4, -0.2) is 37.1 Å². The number of carbonyl (C=O) groups is 2. The van der Waals surface area contributed by atoms with E-state index in [1.807, 2.05) is 0 Å². The summed E-state index contributed by atoms with van der Waals surface area (Å²) >= 11 is 0. The quantitative estimate of drug-likeness (QED) is 0.711.